The van der Waals surface area contributed by atoms with Crippen LogP contribution in [0.3, 0.4) is 0 Å². The van der Waals surface area contributed by atoms with Gasteiger partial charge in [-0.05, 0) is 39.5 Å². The van der Waals surface area contributed by atoms with Gasteiger partial charge in [-0.1, -0.05) is 0 Å². The van der Waals surface area contributed by atoms with Crippen LogP contribution in [0.5, 0.6) is 0 Å². The van der Waals surface area contributed by atoms with Crippen LogP contribution in [0.4, 0.5) is 0 Å². The topological polar surface area (TPSA) is 36.3 Å². The Morgan fingerprint density at radius 2 is 1.79 bits per heavy atom. The first kappa shape index (κ1) is 11.5. The molecule has 0 aromatic carbocycles. The molecule has 3 nitrogen and oxygen atoms in total. The standard InChI is InChI=1S/C11H22N2O/c1-4-13(5-2)10(12)11(14-3)8-6-7-9-11/h12H,4-9H2,1-3H3. The summed E-state index contributed by atoms with van der Waals surface area (Å²) in [6.07, 6.45) is 4.41. The predicted octanol–water partition coefficient (Wildman–Crippen LogP) is 2.26. The predicted molar refractivity (Wildman–Crippen MR) is 58.9 cm³/mol. The first-order valence-electron chi connectivity index (χ1n) is 5.59. The maximum absolute atomic E-state index is 8.19. The molecule has 0 aromatic rings. The highest BCUT2D eigenvalue weighted by Gasteiger charge is 2.40. The molecule has 0 heterocycles. The molecule has 0 spiro atoms. The third-order valence-electron chi connectivity index (χ3n) is 3.31. The zero-order chi connectivity index (χ0) is 10.6. The molecule has 1 rings (SSSR count). The molecule has 0 amide bonds. The molecule has 1 aliphatic rings. The summed E-state index contributed by atoms with van der Waals surface area (Å²) in [5, 5.41) is 8.19. The Labute approximate surface area is 86.9 Å². The molecular formula is C11H22N2O. The first-order valence-corrected chi connectivity index (χ1v) is 5.59. The highest BCUT2D eigenvalue weighted by atomic mass is 16.5. The molecule has 0 aliphatic heterocycles. The van der Waals surface area contributed by atoms with Crippen LogP contribution in [0.2, 0.25) is 0 Å². The lowest BCUT2D eigenvalue weighted by atomic mass is 9.99. The zero-order valence-corrected chi connectivity index (χ0v) is 9.60. The molecule has 1 fully saturated rings. The minimum absolute atomic E-state index is 0.272. The van der Waals surface area contributed by atoms with E-state index in [4.69, 9.17) is 10.1 Å². The summed E-state index contributed by atoms with van der Waals surface area (Å²) in [6, 6.07) is 0. The van der Waals surface area contributed by atoms with Gasteiger partial charge in [0.05, 0.1) is 0 Å². The Kier molecular flexibility index (Phi) is 3.93. The molecule has 0 atom stereocenters. The van der Waals surface area contributed by atoms with Crippen LogP contribution in [-0.2, 0) is 4.74 Å². The Balaban J connectivity index is 2.73. The molecule has 0 aromatic heterocycles. The second kappa shape index (κ2) is 4.78. The highest BCUT2D eigenvalue weighted by Crippen LogP contribution is 2.34. The van der Waals surface area contributed by atoms with Gasteiger partial charge >= 0.3 is 0 Å². The molecule has 0 saturated heterocycles. The Morgan fingerprint density at radius 1 is 1.29 bits per heavy atom. The molecule has 3 heteroatoms. The number of methoxy groups -OCH3 is 1. The van der Waals surface area contributed by atoms with Gasteiger partial charge in [0.15, 0.2) is 0 Å². The SMILES string of the molecule is CCN(CC)C(=N)C1(OC)CCCC1. The van der Waals surface area contributed by atoms with Gasteiger partial charge < -0.3 is 9.64 Å². The lowest BCUT2D eigenvalue weighted by molar-refractivity contribution is 0.0445. The van der Waals surface area contributed by atoms with Gasteiger partial charge in [-0.3, -0.25) is 5.41 Å². The van der Waals surface area contributed by atoms with Crippen LogP contribution in [0.1, 0.15) is 39.5 Å². The van der Waals surface area contributed by atoms with Gasteiger partial charge in [-0.25, -0.2) is 0 Å². The summed E-state index contributed by atoms with van der Waals surface area (Å²) < 4.78 is 5.58. The number of nitrogens with zero attached hydrogens (tertiary/aromatic N) is 1. The van der Waals surface area contributed by atoms with Gasteiger partial charge in [0, 0.05) is 20.2 Å². The average molecular weight is 198 g/mol. The maximum atomic E-state index is 8.19. The first-order chi connectivity index (χ1) is 6.70. The van der Waals surface area contributed by atoms with Crippen molar-refractivity contribution in [2.45, 2.75) is 45.1 Å². The molecule has 1 aliphatic carbocycles. The summed E-state index contributed by atoms with van der Waals surface area (Å²) >= 11 is 0. The van der Waals surface area contributed by atoms with Crippen LogP contribution < -0.4 is 0 Å². The van der Waals surface area contributed by atoms with E-state index in [1.807, 2.05) is 0 Å². The number of likely N-dealkylation sites (N-methyl/N-ethyl adjacent to an activating group) is 1. The van der Waals surface area contributed by atoms with Crippen molar-refractivity contribution >= 4 is 5.84 Å². The van der Waals surface area contributed by atoms with Gasteiger partial charge in [0.1, 0.15) is 11.4 Å². The summed E-state index contributed by atoms with van der Waals surface area (Å²) in [5.41, 5.74) is -0.272. The fraction of sp³-hybridized carbons (Fsp3) is 0.909. The van der Waals surface area contributed by atoms with Crippen molar-refractivity contribution < 1.29 is 4.74 Å². The van der Waals surface area contributed by atoms with Crippen LogP contribution in [0.25, 0.3) is 0 Å². The average Bonchev–Trinajstić information content (AvgIpc) is 2.69. The molecule has 0 unspecified atom stereocenters. The van der Waals surface area contributed by atoms with E-state index >= 15 is 0 Å². The van der Waals surface area contributed by atoms with Gasteiger partial charge in [0.25, 0.3) is 0 Å². The molecule has 82 valence electrons. The highest BCUT2D eigenvalue weighted by molar-refractivity contribution is 5.88. The van der Waals surface area contributed by atoms with Crippen molar-refractivity contribution in [3.8, 4) is 0 Å². The quantitative estimate of drug-likeness (QED) is 0.555. The number of hydrogen-bond acceptors (Lipinski definition) is 2. The minimum Gasteiger partial charge on any atom is -0.370 e. The van der Waals surface area contributed by atoms with Gasteiger partial charge in [-0.2, -0.15) is 0 Å². The lowest BCUT2D eigenvalue weighted by Crippen LogP contribution is -2.48. The van der Waals surface area contributed by atoms with Crippen molar-refractivity contribution in [3.63, 3.8) is 0 Å². The largest absolute Gasteiger partial charge is 0.370 e. The zero-order valence-electron chi connectivity index (χ0n) is 9.60. The third-order valence-corrected chi connectivity index (χ3v) is 3.31. The van der Waals surface area contributed by atoms with Crippen molar-refractivity contribution in [2.75, 3.05) is 20.2 Å². The fourth-order valence-corrected chi connectivity index (χ4v) is 2.31. The lowest BCUT2D eigenvalue weighted by Gasteiger charge is -2.35. The van der Waals surface area contributed by atoms with Crippen LogP contribution in [0, 0.1) is 5.41 Å². The van der Waals surface area contributed by atoms with E-state index in [0.29, 0.717) is 5.84 Å². The monoisotopic (exact) mass is 198 g/mol. The molecule has 0 bridgehead atoms. The van der Waals surface area contributed by atoms with E-state index in [0.717, 1.165) is 25.9 Å². The van der Waals surface area contributed by atoms with Gasteiger partial charge in [0.2, 0.25) is 0 Å². The number of ether oxygens (including phenoxy) is 1. The third kappa shape index (κ3) is 1.92. The van der Waals surface area contributed by atoms with Crippen molar-refractivity contribution in [2.24, 2.45) is 0 Å². The summed E-state index contributed by atoms with van der Waals surface area (Å²) in [6.45, 7) is 5.99. The minimum atomic E-state index is -0.272. The van der Waals surface area contributed by atoms with E-state index in [1.54, 1.807) is 7.11 Å². The number of nitrogens with one attached hydrogen (secondary N) is 1. The Bertz CT molecular complexity index is 193. The Hall–Kier alpha value is -0.570. The second-order valence-corrected chi connectivity index (χ2v) is 3.93. The normalized spacial score (nSPS) is 19.6. The van der Waals surface area contributed by atoms with E-state index < -0.39 is 0 Å². The summed E-state index contributed by atoms with van der Waals surface area (Å²) in [7, 11) is 1.74. The molecule has 14 heavy (non-hydrogen) atoms. The molecule has 0 radical (unpaired) electrons. The maximum Gasteiger partial charge on any atom is 0.129 e. The van der Waals surface area contributed by atoms with Crippen LogP contribution in [0.15, 0.2) is 0 Å². The summed E-state index contributed by atoms with van der Waals surface area (Å²) in [5.74, 6) is 0.683. The fourth-order valence-electron chi connectivity index (χ4n) is 2.31. The van der Waals surface area contributed by atoms with E-state index in [9.17, 15) is 0 Å². The molecule has 1 N–H and O–H groups in total. The second-order valence-electron chi connectivity index (χ2n) is 3.93. The van der Waals surface area contributed by atoms with E-state index in [2.05, 4.69) is 18.7 Å². The number of rotatable bonds is 4. The van der Waals surface area contributed by atoms with Crippen molar-refractivity contribution in [1.29, 1.82) is 5.41 Å². The number of hydrogen-bond donors (Lipinski definition) is 1. The van der Waals surface area contributed by atoms with Crippen molar-refractivity contribution in [3.05, 3.63) is 0 Å². The van der Waals surface area contributed by atoms with E-state index in [-0.39, 0.29) is 5.60 Å². The smallest absolute Gasteiger partial charge is 0.129 e. The molecular weight excluding hydrogens is 176 g/mol. The van der Waals surface area contributed by atoms with Crippen molar-refractivity contribution in [1.82, 2.24) is 4.90 Å². The van der Waals surface area contributed by atoms with Crippen LogP contribution in [-0.4, -0.2) is 36.5 Å². The van der Waals surface area contributed by atoms with Crippen LogP contribution >= 0.6 is 0 Å². The van der Waals surface area contributed by atoms with Gasteiger partial charge in [-0.15, -0.1) is 0 Å². The number of amidine groups is 1. The summed E-state index contributed by atoms with van der Waals surface area (Å²) in [4.78, 5) is 2.09. The molecule has 1 saturated carbocycles. The Morgan fingerprint density at radius 3 is 2.14 bits per heavy atom. The van der Waals surface area contributed by atoms with E-state index in [1.165, 1.54) is 12.8 Å².